The maximum atomic E-state index is 12.4. The van der Waals surface area contributed by atoms with Crippen LogP contribution in [0.15, 0.2) is 17.9 Å². The normalized spacial score (nSPS) is 10.7. The molecule has 0 saturated heterocycles. The molecule has 0 spiro atoms. The quantitative estimate of drug-likeness (QED) is 0.146. The largest absolute Gasteiger partial charge is 0.478 e. The SMILES string of the molecule is CCCCCCCCOC(=O)c1c(Br)c(Br)c(Br)c(Br)c1C(=O)O. The average molecular weight is 594 g/mol. The number of esters is 1. The van der Waals surface area contributed by atoms with Crippen molar-refractivity contribution in [3.05, 3.63) is 29.0 Å². The number of carboxylic acid groups (broad SMARTS) is 1. The van der Waals surface area contributed by atoms with Crippen molar-refractivity contribution in [3.8, 4) is 0 Å². The van der Waals surface area contributed by atoms with Crippen molar-refractivity contribution in [3.63, 3.8) is 0 Å². The Labute approximate surface area is 175 Å². The third kappa shape index (κ3) is 5.81. The van der Waals surface area contributed by atoms with Crippen LogP contribution in [0.5, 0.6) is 0 Å². The molecule has 0 aromatic heterocycles. The summed E-state index contributed by atoms with van der Waals surface area (Å²) in [5.41, 5.74) is -0.139. The molecule has 0 amide bonds. The van der Waals surface area contributed by atoms with Crippen LogP contribution in [0.2, 0.25) is 0 Å². The lowest BCUT2D eigenvalue weighted by Gasteiger charge is -2.14. The van der Waals surface area contributed by atoms with Gasteiger partial charge in [-0.2, -0.15) is 0 Å². The van der Waals surface area contributed by atoms with E-state index in [1.807, 2.05) is 0 Å². The fourth-order valence-corrected chi connectivity index (χ4v) is 4.59. The molecule has 134 valence electrons. The van der Waals surface area contributed by atoms with Crippen LogP contribution >= 0.6 is 63.7 Å². The molecule has 0 unspecified atom stereocenters. The Morgan fingerprint density at radius 2 is 1.33 bits per heavy atom. The van der Waals surface area contributed by atoms with E-state index in [2.05, 4.69) is 70.6 Å². The third-order valence-corrected chi connectivity index (χ3v) is 8.18. The number of carboxylic acids is 1. The zero-order valence-corrected chi connectivity index (χ0v) is 19.5. The van der Waals surface area contributed by atoms with Gasteiger partial charge in [0.25, 0.3) is 0 Å². The molecule has 4 nitrogen and oxygen atoms in total. The van der Waals surface area contributed by atoms with E-state index in [9.17, 15) is 14.7 Å². The van der Waals surface area contributed by atoms with Crippen molar-refractivity contribution >= 4 is 75.7 Å². The molecule has 0 saturated carbocycles. The molecule has 0 radical (unpaired) electrons. The van der Waals surface area contributed by atoms with E-state index in [4.69, 9.17) is 4.74 Å². The minimum atomic E-state index is -1.21. The van der Waals surface area contributed by atoms with E-state index < -0.39 is 11.9 Å². The van der Waals surface area contributed by atoms with E-state index in [1.165, 1.54) is 19.3 Å². The van der Waals surface area contributed by atoms with Gasteiger partial charge in [-0.25, -0.2) is 9.59 Å². The second-order valence-corrected chi connectivity index (χ2v) is 8.39. The lowest BCUT2D eigenvalue weighted by atomic mass is 10.1. The standard InChI is InChI=1S/C16H18Br4O4/c1-2-3-4-5-6-7-8-24-16(23)10-9(15(21)22)11(17)13(19)14(20)12(10)18/h2-8H2,1H3,(H,21,22). The maximum Gasteiger partial charge on any atom is 0.340 e. The van der Waals surface area contributed by atoms with Crippen molar-refractivity contribution in [2.45, 2.75) is 45.4 Å². The molecule has 24 heavy (non-hydrogen) atoms. The highest BCUT2D eigenvalue weighted by molar-refractivity contribution is 9.15. The maximum absolute atomic E-state index is 12.4. The summed E-state index contributed by atoms with van der Waals surface area (Å²) in [6.45, 7) is 2.44. The van der Waals surface area contributed by atoms with Gasteiger partial charge in [-0.1, -0.05) is 39.0 Å². The average Bonchev–Trinajstić information content (AvgIpc) is 2.54. The van der Waals surface area contributed by atoms with Crippen molar-refractivity contribution < 1.29 is 19.4 Å². The molecule has 1 aromatic rings. The van der Waals surface area contributed by atoms with E-state index in [1.54, 1.807) is 0 Å². The van der Waals surface area contributed by atoms with Gasteiger partial charge in [0, 0.05) is 17.9 Å². The number of carbonyl (C=O) groups excluding carboxylic acids is 1. The number of ether oxygens (including phenoxy) is 1. The summed E-state index contributed by atoms with van der Waals surface area (Å²) >= 11 is 13.1. The van der Waals surface area contributed by atoms with Gasteiger partial charge in [0.1, 0.15) is 0 Å². The lowest BCUT2D eigenvalue weighted by molar-refractivity contribution is 0.0486. The van der Waals surface area contributed by atoms with Gasteiger partial charge in [0.2, 0.25) is 0 Å². The van der Waals surface area contributed by atoms with Gasteiger partial charge in [-0.05, 0) is 70.1 Å². The minimum Gasteiger partial charge on any atom is -0.478 e. The number of hydrogen-bond donors (Lipinski definition) is 1. The first-order valence-electron chi connectivity index (χ1n) is 7.59. The first-order chi connectivity index (χ1) is 11.3. The first-order valence-corrected chi connectivity index (χ1v) is 10.8. The number of unbranched alkanes of at least 4 members (excludes halogenated alkanes) is 5. The monoisotopic (exact) mass is 590 g/mol. The van der Waals surface area contributed by atoms with E-state index in [0.29, 0.717) is 13.4 Å². The van der Waals surface area contributed by atoms with Crippen molar-refractivity contribution in [2.75, 3.05) is 6.61 Å². The molecular formula is C16H18Br4O4. The molecule has 8 heteroatoms. The molecule has 0 aliphatic carbocycles. The summed E-state index contributed by atoms with van der Waals surface area (Å²) in [4.78, 5) is 23.9. The van der Waals surface area contributed by atoms with Gasteiger partial charge in [0.05, 0.1) is 17.7 Å². The Morgan fingerprint density at radius 1 is 0.833 bits per heavy atom. The Kier molecular flexibility index (Phi) is 10.1. The predicted octanol–water partition coefficient (Wildman–Crippen LogP) is 6.95. The van der Waals surface area contributed by atoms with Crippen molar-refractivity contribution in [1.82, 2.24) is 0 Å². The van der Waals surface area contributed by atoms with Gasteiger partial charge >= 0.3 is 11.9 Å². The number of aromatic carboxylic acids is 1. The Balaban J connectivity index is 2.82. The number of carbonyl (C=O) groups is 2. The molecule has 0 heterocycles. The van der Waals surface area contributed by atoms with E-state index in [0.717, 1.165) is 19.3 Å². The summed E-state index contributed by atoms with van der Waals surface area (Å²) in [6, 6.07) is 0. The molecule has 1 aromatic carbocycles. The van der Waals surface area contributed by atoms with Gasteiger partial charge in [-0.15, -0.1) is 0 Å². The fourth-order valence-electron chi connectivity index (χ4n) is 2.14. The highest BCUT2D eigenvalue weighted by Gasteiger charge is 2.28. The van der Waals surface area contributed by atoms with Crippen molar-refractivity contribution in [1.29, 1.82) is 0 Å². The molecule has 1 N–H and O–H groups in total. The summed E-state index contributed by atoms with van der Waals surface area (Å²) in [5, 5.41) is 9.43. The summed E-state index contributed by atoms with van der Waals surface area (Å²) in [6.07, 6.45) is 6.48. The van der Waals surface area contributed by atoms with Crippen LogP contribution in [0.25, 0.3) is 0 Å². The molecular weight excluding hydrogens is 576 g/mol. The fraction of sp³-hybridized carbons (Fsp3) is 0.500. The number of rotatable bonds is 9. The number of hydrogen-bond acceptors (Lipinski definition) is 3. The third-order valence-electron chi connectivity index (χ3n) is 3.42. The highest BCUT2D eigenvalue weighted by atomic mass is 79.9. The van der Waals surface area contributed by atoms with Crippen LogP contribution in [0, 0.1) is 0 Å². The van der Waals surface area contributed by atoms with Crippen LogP contribution in [0.4, 0.5) is 0 Å². The smallest absolute Gasteiger partial charge is 0.340 e. The summed E-state index contributed by atoms with van der Waals surface area (Å²) in [5.74, 6) is -1.86. The summed E-state index contributed by atoms with van der Waals surface area (Å²) in [7, 11) is 0. The molecule has 0 aliphatic heterocycles. The molecule has 0 atom stereocenters. The van der Waals surface area contributed by atoms with Crippen LogP contribution in [0.1, 0.15) is 66.2 Å². The predicted molar refractivity (Wildman–Crippen MR) is 108 cm³/mol. The number of halogens is 4. The number of benzene rings is 1. The van der Waals surface area contributed by atoms with Crippen LogP contribution in [-0.2, 0) is 4.74 Å². The molecule has 0 aliphatic rings. The second kappa shape index (κ2) is 10.9. The molecule has 1 rings (SSSR count). The van der Waals surface area contributed by atoms with Gasteiger partial charge in [-0.3, -0.25) is 0 Å². The van der Waals surface area contributed by atoms with Crippen LogP contribution in [0.3, 0.4) is 0 Å². The van der Waals surface area contributed by atoms with E-state index in [-0.39, 0.29) is 22.2 Å². The van der Waals surface area contributed by atoms with Crippen LogP contribution < -0.4 is 0 Å². The highest BCUT2D eigenvalue weighted by Crippen LogP contribution is 2.42. The Bertz CT molecular complexity index is 617. The van der Waals surface area contributed by atoms with Crippen LogP contribution in [-0.4, -0.2) is 23.7 Å². The van der Waals surface area contributed by atoms with Crippen molar-refractivity contribution in [2.24, 2.45) is 0 Å². The van der Waals surface area contributed by atoms with E-state index >= 15 is 0 Å². The first kappa shape index (κ1) is 22.1. The zero-order chi connectivity index (χ0) is 18.3. The van der Waals surface area contributed by atoms with Gasteiger partial charge < -0.3 is 9.84 Å². The molecule has 0 fully saturated rings. The molecule has 0 bridgehead atoms. The zero-order valence-electron chi connectivity index (χ0n) is 13.1. The summed E-state index contributed by atoms with van der Waals surface area (Å²) < 4.78 is 6.97. The Morgan fingerprint density at radius 3 is 1.88 bits per heavy atom. The lowest BCUT2D eigenvalue weighted by Crippen LogP contribution is -2.15. The second-order valence-electron chi connectivity index (χ2n) is 5.21. The minimum absolute atomic E-state index is 0.00423. The Hall–Kier alpha value is 0.0800. The van der Waals surface area contributed by atoms with Gasteiger partial charge in [0.15, 0.2) is 0 Å². The topological polar surface area (TPSA) is 63.6 Å².